The van der Waals surface area contributed by atoms with E-state index in [2.05, 4.69) is 24.2 Å². The largest absolute Gasteiger partial charge is 0.534 e. The van der Waals surface area contributed by atoms with Crippen molar-refractivity contribution in [3.8, 4) is 28.1 Å². The fourth-order valence-electron chi connectivity index (χ4n) is 6.95. The number of carbonyl (C=O) groups excluding carboxylic acids is 2. The Morgan fingerprint density at radius 3 is 2.35 bits per heavy atom. The summed E-state index contributed by atoms with van der Waals surface area (Å²) in [4.78, 5) is 36.6. The molecule has 0 aliphatic carbocycles. The maximum Gasteiger partial charge on any atom is 0.534 e. The molecule has 3 aromatic rings. The highest BCUT2D eigenvalue weighted by Gasteiger charge is 2.51. The molecule has 4 heterocycles. The molecule has 15 heteroatoms. The zero-order valence-corrected chi connectivity index (χ0v) is 26.2. The average molecular weight is 662 g/mol. The fourth-order valence-corrected chi connectivity index (χ4v) is 7.43. The molecule has 46 heavy (non-hydrogen) atoms. The van der Waals surface area contributed by atoms with Gasteiger partial charge in [-0.1, -0.05) is 30.3 Å². The molecule has 2 aromatic carbocycles. The van der Waals surface area contributed by atoms with E-state index in [-0.39, 0.29) is 29.8 Å². The number of aromatic amines is 1. The smallest absolute Gasteiger partial charge is 0.453 e. The van der Waals surface area contributed by atoms with Crippen LogP contribution in [0.1, 0.15) is 74.1 Å². The first-order valence-electron chi connectivity index (χ1n) is 15.0. The third kappa shape index (κ3) is 5.59. The van der Waals surface area contributed by atoms with Crippen LogP contribution in [0.2, 0.25) is 0 Å². The van der Waals surface area contributed by atoms with Gasteiger partial charge in [-0.05, 0) is 74.4 Å². The summed E-state index contributed by atoms with van der Waals surface area (Å²) in [6.07, 6.45) is 4.99. The van der Waals surface area contributed by atoms with Crippen LogP contribution in [-0.2, 0) is 19.6 Å². The molecule has 3 aliphatic rings. The third-order valence-electron chi connectivity index (χ3n) is 9.19. The molecule has 0 saturated carbocycles. The molecule has 0 radical (unpaired) electrons. The minimum Gasteiger partial charge on any atom is -0.453 e. The number of halogens is 3. The van der Waals surface area contributed by atoms with Gasteiger partial charge in [0, 0.05) is 24.2 Å². The Morgan fingerprint density at radius 1 is 1.00 bits per heavy atom. The van der Waals surface area contributed by atoms with E-state index in [1.165, 1.54) is 13.2 Å². The molecule has 11 nitrogen and oxygen atoms in total. The van der Waals surface area contributed by atoms with Gasteiger partial charge in [0.2, 0.25) is 5.91 Å². The molecule has 3 aliphatic heterocycles. The summed E-state index contributed by atoms with van der Waals surface area (Å²) in [7, 11) is -2.70. The maximum atomic E-state index is 13.2. The second-order valence-corrected chi connectivity index (χ2v) is 13.4. The van der Waals surface area contributed by atoms with Crippen molar-refractivity contribution in [1.82, 2.24) is 25.1 Å². The molecule has 6 rings (SSSR count). The lowest BCUT2D eigenvalue weighted by Crippen LogP contribution is -2.49. The van der Waals surface area contributed by atoms with Gasteiger partial charge >= 0.3 is 21.7 Å². The number of alkyl carbamates (subject to hydrolysis) is 1. The molecule has 2 fully saturated rings. The van der Waals surface area contributed by atoms with E-state index in [1.807, 2.05) is 36.2 Å². The summed E-state index contributed by atoms with van der Waals surface area (Å²) in [5, 5.41) is 2.53. The summed E-state index contributed by atoms with van der Waals surface area (Å²) < 4.78 is 72.4. The lowest BCUT2D eigenvalue weighted by molar-refractivity contribution is -0.137. The minimum atomic E-state index is -5.82. The lowest BCUT2D eigenvalue weighted by Gasteiger charge is -2.36. The number of nitrogens with one attached hydrogen (secondary N) is 2. The number of alkyl halides is 3. The van der Waals surface area contributed by atoms with Gasteiger partial charge < -0.3 is 24.1 Å². The van der Waals surface area contributed by atoms with Crippen molar-refractivity contribution in [2.45, 2.75) is 68.7 Å². The average Bonchev–Trinajstić information content (AvgIpc) is 3.74. The number of rotatable bonds is 7. The number of likely N-dealkylation sites (tertiary alicyclic amines) is 1. The van der Waals surface area contributed by atoms with Crippen LogP contribution in [0.4, 0.5) is 18.0 Å². The van der Waals surface area contributed by atoms with Crippen molar-refractivity contribution >= 4 is 22.1 Å². The molecular formula is C31H34F3N5O6S. The van der Waals surface area contributed by atoms with E-state index in [0.29, 0.717) is 30.8 Å². The topological polar surface area (TPSA) is 134 Å². The van der Waals surface area contributed by atoms with Crippen molar-refractivity contribution in [2.24, 2.45) is 0 Å². The summed E-state index contributed by atoms with van der Waals surface area (Å²) >= 11 is 0. The van der Waals surface area contributed by atoms with Gasteiger partial charge in [0.25, 0.3) is 0 Å². The summed E-state index contributed by atoms with van der Waals surface area (Å²) in [6.45, 7) is 2.15. The highest BCUT2D eigenvalue weighted by Crippen LogP contribution is 2.58. The number of hydrogen-bond acceptors (Lipinski definition) is 8. The van der Waals surface area contributed by atoms with Gasteiger partial charge in [0.05, 0.1) is 25.0 Å². The van der Waals surface area contributed by atoms with Crippen LogP contribution in [0, 0.1) is 0 Å². The van der Waals surface area contributed by atoms with Gasteiger partial charge in [0.1, 0.15) is 17.6 Å². The van der Waals surface area contributed by atoms with Crippen LogP contribution in [0.25, 0.3) is 22.4 Å². The van der Waals surface area contributed by atoms with E-state index >= 15 is 0 Å². The van der Waals surface area contributed by atoms with Crippen LogP contribution in [-0.4, -0.2) is 72.4 Å². The zero-order valence-electron chi connectivity index (χ0n) is 25.4. The SMILES string of the molecule is COC(=O)N[C@@H](C)C(=O)N1CCCC[C@H]1c1ncc(-c2ccc(-c3ccc(OS(=O)(=O)C(F)(F)F)c4c3C3CCC4N3C)cc2)[nH]1. The Balaban J connectivity index is 1.26. The first-order valence-corrected chi connectivity index (χ1v) is 16.4. The number of carbonyl (C=O) groups is 2. The van der Waals surface area contributed by atoms with Crippen molar-refractivity contribution in [2.75, 3.05) is 20.7 Å². The highest BCUT2D eigenvalue weighted by molar-refractivity contribution is 7.88. The van der Waals surface area contributed by atoms with Gasteiger partial charge in [-0.15, -0.1) is 0 Å². The van der Waals surface area contributed by atoms with Crippen molar-refractivity contribution in [3.05, 3.63) is 59.5 Å². The number of benzene rings is 2. The quantitative estimate of drug-likeness (QED) is 0.247. The number of methoxy groups -OCH3 is 1. The molecule has 1 aromatic heterocycles. The minimum absolute atomic E-state index is 0.0753. The number of imidazole rings is 1. The van der Waals surface area contributed by atoms with E-state index in [0.717, 1.165) is 47.2 Å². The number of hydrogen-bond donors (Lipinski definition) is 2. The Kier molecular flexibility index (Phi) is 8.25. The number of nitrogens with zero attached hydrogens (tertiary/aromatic N) is 3. The number of fused-ring (bicyclic) bond motifs is 5. The number of aromatic nitrogens is 2. The highest BCUT2D eigenvalue weighted by atomic mass is 32.2. The molecule has 246 valence electrons. The summed E-state index contributed by atoms with van der Waals surface area (Å²) in [5.41, 5.74) is -1.07. The second-order valence-electron chi connectivity index (χ2n) is 11.9. The lowest BCUT2D eigenvalue weighted by atomic mass is 9.85. The standard InChI is InChI=1S/C31H34F3N5O6S/c1-17(36-30(41)44-3)29(40)39-15-5-4-6-24(39)28-35-16-21(37-28)19-9-7-18(8-10-19)20-11-14-25(45-46(42,43)31(32,33)34)27-23-13-12-22(26(20)27)38(23)2/h7-11,14,16-17,22-24H,4-6,12-13,15H2,1-3H3,(H,35,37)(H,36,41)/t17-,22?,23?,24-/m0/s1. The van der Waals surface area contributed by atoms with E-state index < -0.39 is 27.8 Å². The predicted octanol–water partition coefficient (Wildman–Crippen LogP) is 5.59. The van der Waals surface area contributed by atoms with Crippen molar-refractivity contribution in [3.63, 3.8) is 0 Å². The summed E-state index contributed by atoms with van der Waals surface area (Å²) in [5.74, 6) is 0.123. The number of amides is 2. The molecule has 2 amide bonds. The van der Waals surface area contributed by atoms with Crippen LogP contribution in [0.3, 0.4) is 0 Å². The molecule has 2 N–H and O–H groups in total. The number of H-pyrrole nitrogens is 1. The zero-order chi connectivity index (χ0) is 33.0. The van der Waals surface area contributed by atoms with Gasteiger partial charge in [-0.3, -0.25) is 9.69 Å². The first-order chi connectivity index (χ1) is 21.8. The van der Waals surface area contributed by atoms with E-state index in [4.69, 9.17) is 0 Å². The van der Waals surface area contributed by atoms with Crippen molar-refractivity contribution in [1.29, 1.82) is 0 Å². The van der Waals surface area contributed by atoms with Crippen LogP contribution in [0.15, 0.2) is 42.6 Å². The van der Waals surface area contributed by atoms with Crippen LogP contribution < -0.4 is 9.50 Å². The Morgan fingerprint density at radius 2 is 1.67 bits per heavy atom. The Hall–Kier alpha value is -4.11. The first kappa shape index (κ1) is 31.9. The molecule has 2 unspecified atom stereocenters. The normalized spacial score (nSPS) is 22.0. The van der Waals surface area contributed by atoms with E-state index in [9.17, 15) is 31.2 Å². The number of piperidine rings is 1. The van der Waals surface area contributed by atoms with Gasteiger partial charge in [0.15, 0.2) is 0 Å². The molecule has 0 spiro atoms. The Bertz CT molecular complexity index is 1760. The molecule has 2 bridgehead atoms. The monoisotopic (exact) mass is 661 g/mol. The van der Waals surface area contributed by atoms with E-state index in [1.54, 1.807) is 24.1 Å². The second kappa shape index (κ2) is 11.9. The third-order valence-corrected chi connectivity index (χ3v) is 10.2. The van der Waals surface area contributed by atoms with Crippen molar-refractivity contribution < 1.29 is 40.1 Å². The maximum absolute atomic E-state index is 13.2. The summed E-state index contributed by atoms with van der Waals surface area (Å²) in [6, 6.07) is 9.17. The molecule has 2 saturated heterocycles. The van der Waals surface area contributed by atoms with Crippen LogP contribution >= 0.6 is 0 Å². The Labute approximate surface area is 264 Å². The van der Waals surface area contributed by atoms with Crippen LogP contribution in [0.5, 0.6) is 5.75 Å². The van der Waals surface area contributed by atoms with Gasteiger partial charge in [-0.2, -0.15) is 21.6 Å². The predicted molar refractivity (Wildman–Crippen MR) is 161 cm³/mol. The fraction of sp³-hybridized carbons (Fsp3) is 0.452. The van der Waals surface area contributed by atoms with Gasteiger partial charge in [-0.25, -0.2) is 9.78 Å². The molecule has 4 atom stereocenters. The molecular weight excluding hydrogens is 627 g/mol. The number of ether oxygens (including phenoxy) is 1.